The van der Waals surface area contributed by atoms with Gasteiger partial charge in [0.05, 0.1) is 15.8 Å². The molecule has 1 saturated carbocycles. The number of carbonyl (C=O) groups is 3. The number of ether oxygens (including phenoxy) is 1. The summed E-state index contributed by atoms with van der Waals surface area (Å²) in [7, 11) is 0. The zero-order valence-corrected chi connectivity index (χ0v) is 17.8. The van der Waals surface area contributed by atoms with E-state index in [0.717, 1.165) is 25.7 Å². The Hall–Kier alpha value is -2.58. The maximum absolute atomic E-state index is 12.7. The van der Waals surface area contributed by atoms with E-state index < -0.39 is 0 Å². The fraction of sp³-hybridized carbons (Fsp3) is 0.381. The molecule has 1 aliphatic carbocycles. The Kier molecular flexibility index (Phi) is 6.24. The van der Waals surface area contributed by atoms with Crippen LogP contribution in [0.3, 0.4) is 0 Å². The highest BCUT2D eigenvalue weighted by Gasteiger charge is 2.30. The summed E-state index contributed by atoms with van der Waals surface area (Å²) in [6.45, 7) is 1.04. The van der Waals surface area contributed by atoms with Crippen molar-refractivity contribution in [1.82, 2.24) is 10.6 Å². The molecule has 2 aromatic rings. The molecule has 2 fully saturated rings. The summed E-state index contributed by atoms with van der Waals surface area (Å²) >= 11 is 7.14. The van der Waals surface area contributed by atoms with Crippen molar-refractivity contribution in [2.45, 2.75) is 37.8 Å². The second kappa shape index (κ2) is 9.06. The van der Waals surface area contributed by atoms with Crippen molar-refractivity contribution in [3.05, 3.63) is 51.2 Å². The first-order chi connectivity index (χ1) is 14.5. The summed E-state index contributed by atoms with van der Waals surface area (Å²) < 4.78 is 5.62. The summed E-state index contributed by atoms with van der Waals surface area (Å²) in [6.07, 6.45) is 2.96. The van der Waals surface area contributed by atoms with E-state index in [-0.39, 0.29) is 30.0 Å². The van der Waals surface area contributed by atoms with Crippen molar-refractivity contribution in [2.24, 2.45) is 0 Å². The lowest BCUT2D eigenvalue weighted by Crippen LogP contribution is -2.48. The second-order valence-electron chi connectivity index (χ2n) is 7.36. The molecule has 7 nitrogen and oxygen atoms in total. The molecule has 1 aromatic carbocycles. The molecule has 0 unspecified atom stereocenters. The molecule has 3 amide bonds. The Morgan fingerprint density at radius 1 is 1.00 bits per heavy atom. The van der Waals surface area contributed by atoms with Gasteiger partial charge in [0, 0.05) is 29.9 Å². The number of nitrogens with zero attached hydrogens (tertiary/aromatic N) is 1. The topological polar surface area (TPSA) is 87.7 Å². The van der Waals surface area contributed by atoms with E-state index in [4.69, 9.17) is 16.3 Å². The van der Waals surface area contributed by atoms with Gasteiger partial charge in [-0.1, -0.05) is 11.6 Å². The van der Waals surface area contributed by atoms with Crippen LogP contribution in [-0.4, -0.2) is 43.1 Å². The Balaban J connectivity index is 1.36. The summed E-state index contributed by atoms with van der Waals surface area (Å²) in [4.78, 5) is 39.1. The fourth-order valence-electron chi connectivity index (χ4n) is 3.81. The first kappa shape index (κ1) is 20.7. The van der Waals surface area contributed by atoms with Crippen molar-refractivity contribution < 1.29 is 19.1 Å². The Bertz CT molecular complexity index is 946. The van der Waals surface area contributed by atoms with E-state index in [0.29, 0.717) is 33.6 Å². The molecular formula is C21H22ClN3O4S. The number of thiophene rings is 1. The Labute approximate surface area is 183 Å². The molecule has 2 atom stereocenters. The van der Waals surface area contributed by atoms with Gasteiger partial charge in [-0.15, -0.1) is 11.3 Å². The first-order valence-electron chi connectivity index (χ1n) is 9.93. The van der Waals surface area contributed by atoms with Crippen LogP contribution in [0.5, 0.6) is 0 Å². The van der Waals surface area contributed by atoms with Gasteiger partial charge >= 0.3 is 6.09 Å². The molecule has 0 bridgehead atoms. The van der Waals surface area contributed by atoms with E-state index in [9.17, 15) is 14.4 Å². The maximum atomic E-state index is 12.7. The Morgan fingerprint density at radius 2 is 1.70 bits per heavy atom. The number of rotatable bonds is 5. The van der Waals surface area contributed by atoms with Crippen LogP contribution in [-0.2, 0) is 4.74 Å². The van der Waals surface area contributed by atoms with Crippen molar-refractivity contribution in [3.63, 3.8) is 0 Å². The number of amides is 3. The Morgan fingerprint density at radius 3 is 2.33 bits per heavy atom. The fourth-order valence-corrected chi connectivity index (χ4v) is 4.76. The largest absolute Gasteiger partial charge is 0.449 e. The molecule has 9 heteroatoms. The zero-order valence-electron chi connectivity index (χ0n) is 16.2. The van der Waals surface area contributed by atoms with E-state index in [2.05, 4.69) is 10.6 Å². The minimum Gasteiger partial charge on any atom is -0.449 e. The van der Waals surface area contributed by atoms with Crippen LogP contribution in [0.2, 0.25) is 4.34 Å². The van der Waals surface area contributed by atoms with Crippen LogP contribution >= 0.6 is 22.9 Å². The molecule has 2 N–H and O–H groups in total. The van der Waals surface area contributed by atoms with Crippen LogP contribution in [0.25, 0.3) is 0 Å². The lowest BCUT2D eigenvalue weighted by Gasteiger charge is -2.26. The summed E-state index contributed by atoms with van der Waals surface area (Å²) in [5, 5.41) is 6.05. The molecule has 1 aliphatic heterocycles. The minimum atomic E-state index is -0.366. The van der Waals surface area contributed by atoms with Gasteiger partial charge in [0.1, 0.15) is 0 Å². The average Bonchev–Trinajstić information content (AvgIpc) is 3.37. The van der Waals surface area contributed by atoms with Gasteiger partial charge in [0.15, 0.2) is 0 Å². The molecule has 0 radical (unpaired) electrons. The quantitative estimate of drug-likeness (QED) is 0.729. The highest BCUT2D eigenvalue weighted by Crippen LogP contribution is 2.24. The summed E-state index contributed by atoms with van der Waals surface area (Å²) in [6, 6.07) is 10.0. The summed E-state index contributed by atoms with van der Waals surface area (Å²) in [5.74, 6) is -0.371. The van der Waals surface area contributed by atoms with E-state index in [1.807, 2.05) is 0 Å². The SMILES string of the molecule is O=C(N[C@H]1CCC[C@H]1NC(=O)c1ccc(Cl)s1)c1ccc(N2CCCOC2=O)cc1. The van der Waals surface area contributed by atoms with Gasteiger partial charge in [-0.25, -0.2) is 4.79 Å². The average molecular weight is 448 g/mol. The number of halogens is 1. The summed E-state index contributed by atoms with van der Waals surface area (Å²) in [5.41, 5.74) is 1.21. The number of hydrogen-bond donors (Lipinski definition) is 2. The van der Waals surface area contributed by atoms with Gasteiger partial charge in [-0.2, -0.15) is 0 Å². The smallest absolute Gasteiger partial charge is 0.414 e. The number of nitrogens with one attached hydrogen (secondary N) is 2. The maximum Gasteiger partial charge on any atom is 0.414 e. The van der Waals surface area contributed by atoms with Crippen molar-refractivity contribution in [3.8, 4) is 0 Å². The predicted octanol–water partition coefficient (Wildman–Crippen LogP) is 3.83. The number of anilines is 1. The van der Waals surface area contributed by atoms with Crippen molar-refractivity contribution in [1.29, 1.82) is 0 Å². The third-order valence-corrected chi connectivity index (χ3v) is 6.59. The van der Waals surface area contributed by atoms with Crippen LogP contribution in [0.4, 0.5) is 10.5 Å². The third kappa shape index (κ3) is 4.60. The normalized spacial score (nSPS) is 21.2. The molecule has 2 aliphatic rings. The van der Waals surface area contributed by atoms with Crippen molar-refractivity contribution >= 4 is 46.5 Å². The van der Waals surface area contributed by atoms with E-state index >= 15 is 0 Å². The minimum absolute atomic E-state index is 0.121. The van der Waals surface area contributed by atoms with Crippen LogP contribution in [0.15, 0.2) is 36.4 Å². The third-order valence-electron chi connectivity index (χ3n) is 5.36. The molecule has 1 saturated heterocycles. The molecule has 2 heterocycles. The van der Waals surface area contributed by atoms with Crippen LogP contribution < -0.4 is 15.5 Å². The van der Waals surface area contributed by atoms with Gasteiger partial charge in [0.2, 0.25) is 0 Å². The van der Waals surface area contributed by atoms with Gasteiger partial charge in [-0.05, 0) is 62.1 Å². The lowest BCUT2D eigenvalue weighted by molar-refractivity contribution is 0.0894. The highest BCUT2D eigenvalue weighted by atomic mass is 35.5. The molecular weight excluding hydrogens is 426 g/mol. The number of benzene rings is 1. The van der Waals surface area contributed by atoms with E-state index in [1.54, 1.807) is 41.3 Å². The number of carbonyl (C=O) groups excluding carboxylic acids is 3. The zero-order chi connectivity index (χ0) is 21.1. The van der Waals surface area contributed by atoms with Gasteiger partial charge in [-0.3, -0.25) is 14.5 Å². The molecule has 30 heavy (non-hydrogen) atoms. The monoisotopic (exact) mass is 447 g/mol. The van der Waals surface area contributed by atoms with E-state index in [1.165, 1.54) is 11.3 Å². The lowest BCUT2D eigenvalue weighted by atomic mass is 10.1. The molecule has 0 spiro atoms. The molecule has 1 aromatic heterocycles. The van der Waals surface area contributed by atoms with Crippen LogP contribution in [0.1, 0.15) is 45.7 Å². The van der Waals surface area contributed by atoms with Crippen molar-refractivity contribution in [2.75, 3.05) is 18.1 Å². The first-order valence-corrected chi connectivity index (χ1v) is 11.1. The molecule has 4 rings (SSSR count). The standard InChI is InChI=1S/C21H22ClN3O4S/c22-18-10-9-17(30-18)20(27)24-16-4-1-3-15(16)23-19(26)13-5-7-14(8-6-13)25-11-2-12-29-21(25)28/h5-10,15-16H,1-4,11-12H2,(H,23,26)(H,24,27)/t15-,16+/m0/s1. The molecule has 158 valence electrons. The van der Waals surface area contributed by atoms with Gasteiger partial charge < -0.3 is 15.4 Å². The second-order valence-corrected chi connectivity index (χ2v) is 9.08. The van der Waals surface area contributed by atoms with Crippen LogP contribution in [0, 0.1) is 0 Å². The number of hydrogen-bond acceptors (Lipinski definition) is 5. The highest BCUT2D eigenvalue weighted by molar-refractivity contribution is 7.18. The van der Waals surface area contributed by atoms with Gasteiger partial charge in [0.25, 0.3) is 11.8 Å². The predicted molar refractivity (Wildman–Crippen MR) is 115 cm³/mol. The number of cyclic esters (lactones) is 1.